The van der Waals surface area contributed by atoms with Crippen molar-refractivity contribution in [1.29, 1.82) is 0 Å². The van der Waals surface area contributed by atoms with Gasteiger partial charge in [0, 0.05) is 5.54 Å². The van der Waals surface area contributed by atoms with E-state index in [2.05, 4.69) is 0 Å². The number of carbonyl (C=O) groups is 1. The molecule has 94 valence electrons. The SMILES string of the molecule is CCOc1ccc(C(C)(N)CC(=O)O)cc1Cl. The van der Waals surface area contributed by atoms with Crippen molar-refractivity contribution in [2.45, 2.75) is 25.8 Å². The molecule has 1 aromatic carbocycles. The lowest BCUT2D eigenvalue weighted by Crippen LogP contribution is -2.35. The van der Waals surface area contributed by atoms with Gasteiger partial charge in [0.1, 0.15) is 5.75 Å². The Balaban J connectivity index is 3.00. The number of carboxylic acids is 1. The zero-order chi connectivity index (χ0) is 13.1. The molecule has 1 aromatic rings. The molecule has 0 aliphatic heterocycles. The lowest BCUT2D eigenvalue weighted by Gasteiger charge is -2.23. The van der Waals surface area contributed by atoms with Crippen LogP contribution in [0.3, 0.4) is 0 Å². The Morgan fingerprint density at radius 3 is 2.71 bits per heavy atom. The molecular weight excluding hydrogens is 242 g/mol. The highest BCUT2D eigenvalue weighted by molar-refractivity contribution is 6.32. The van der Waals surface area contributed by atoms with Crippen LogP contribution < -0.4 is 10.5 Å². The third-order valence-corrected chi connectivity index (χ3v) is 2.71. The first-order valence-electron chi connectivity index (χ1n) is 5.30. The molecular formula is C12H16ClNO3. The van der Waals surface area contributed by atoms with E-state index >= 15 is 0 Å². The molecule has 0 aromatic heterocycles. The van der Waals surface area contributed by atoms with Crippen molar-refractivity contribution in [3.05, 3.63) is 28.8 Å². The molecule has 0 aliphatic rings. The number of rotatable bonds is 5. The Labute approximate surface area is 105 Å². The van der Waals surface area contributed by atoms with Gasteiger partial charge in [0.15, 0.2) is 0 Å². The van der Waals surface area contributed by atoms with Crippen molar-refractivity contribution in [1.82, 2.24) is 0 Å². The fourth-order valence-corrected chi connectivity index (χ4v) is 1.78. The van der Waals surface area contributed by atoms with Crippen LogP contribution in [0.1, 0.15) is 25.8 Å². The summed E-state index contributed by atoms with van der Waals surface area (Å²) in [5.41, 5.74) is 5.68. The molecule has 1 atom stereocenters. The van der Waals surface area contributed by atoms with Gasteiger partial charge >= 0.3 is 5.97 Å². The van der Waals surface area contributed by atoms with Gasteiger partial charge < -0.3 is 15.6 Å². The summed E-state index contributed by atoms with van der Waals surface area (Å²) in [5, 5.41) is 9.22. The van der Waals surface area contributed by atoms with Gasteiger partial charge in [-0.1, -0.05) is 17.7 Å². The van der Waals surface area contributed by atoms with E-state index in [0.29, 0.717) is 22.9 Å². The Bertz CT molecular complexity index is 418. The van der Waals surface area contributed by atoms with E-state index in [1.54, 1.807) is 25.1 Å². The van der Waals surface area contributed by atoms with E-state index in [9.17, 15) is 4.79 Å². The average Bonchev–Trinajstić information content (AvgIpc) is 2.19. The number of hydrogen-bond donors (Lipinski definition) is 2. The molecule has 0 fully saturated rings. The molecule has 0 radical (unpaired) electrons. The van der Waals surface area contributed by atoms with Crippen LogP contribution in [-0.2, 0) is 10.3 Å². The van der Waals surface area contributed by atoms with Crippen LogP contribution >= 0.6 is 11.6 Å². The van der Waals surface area contributed by atoms with E-state index in [4.69, 9.17) is 27.2 Å². The van der Waals surface area contributed by atoms with Crippen molar-refractivity contribution < 1.29 is 14.6 Å². The maximum atomic E-state index is 10.7. The quantitative estimate of drug-likeness (QED) is 0.850. The highest BCUT2D eigenvalue weighted by Gasteiger charge is 2.25. The van der Waals surface area contributed by atoms with Gasteiger partial charge in [0.05, 0.1) is 18.1 Å². The van der Waals surface area contributed by atoms with Crippen molar-refractivity contribution in [3.8, 4) is 5.75 Å². The zero-order valence-corrected chi connectivity index (χ0v) is 10.6. The zero-order valence-electron chi connectivity index (χ0n) is 9.87. The van der Waals surface area contributed by atoms with Gasteiger partial charge in [-0.3, -0.25) is 4.79 Å². The lowest BCUT2D eigenvalue weighted by molar-refractivity contribution is -0.138. The molecule has 1 rings (SSSR count). The van der Waals surface area contributed by atoms with E-state index in [-0.39, 0.29) is 6.42 Å². The van der Waals surface area contributed by atoms with E-state index in [1.807, 2.05) is 6.92 Å². The summed E-state index contributed by atoms with van der Waals surface area (Å²) in [7, 11) is 0. The van der Waals surface area contributed by atoms with E-state index in [1.165, 1.54) is 0 Å². The molecule has 0 heterocycles. The highest BCUT2D eigenvalue weighted by Crippen LogP contribution is 2.30. The minimum absolute atomic E-state index is 0.155. The second-order valence-corrected chi connectivity index (χ2v) is 4.47. The van der Waals surface area contributed by atoms with Gasteiger partial charge in [0.2, 0.25) is 0 Å². The van der Waals surface area contributed by atoms with Crippen LogP contribution in [0, 0.1) is 0 Å². The van der Waals surface area contributed by atoms with Gasteiger partial charge in [-0.25, -0.2) is 0 Å². The van der Waals surface area contributed by atoms with Crippen LogP contribution in [0.5, 0.6) is 5.75 Å². The van der Waals surface area contributed by atoms with Gasteiger partial charge in [-0.2, -0.15) is 0 Å². The summed E-state index contributed by atoms with van der Waals surface area (Å²) in [6.07, 6.45) is -0.155. The van der Waals surface area contributed by atoms with E-state index in [0.717, 1.165) is 0 Å². The third kappa shape index (κ3) is 3.61. The molecule has 4 nitrogen and oxygen atoms in total. The lowest BCUT2D eigenvalue weighted by atomic mass is 9.90. The summed E-state index contributed by atoms with van der Waals surface area (Å²) in [4.78, 5) is 10.7. The van der Waals surface area contributed by atoms with Gasteiger partial charge in [-0.05, 0) is 31.5 Å². The number of nitrogens with two attached hydrogens (primary N) is 1. The number of hydrogen-bond acceptors (Lipinski definition) is 3. The average molecular weight is 258 g/mol. The van der Waals surface area contributed by atoms with Crippen molar-refractivity contribution >= 4 is 17.6 Å². The normalized spacial score (nSPS) is 14.1. The van der Waals surface area contributed by atoms with Gasteiger partial charge in [0.25, 0.3) is 0 Å². The molecule has 5 heteroatoms. The Morgan fingerprint density at radius 2 is 2.24 bits per heavy atom. The first kappa shape index (κ1) is 13.8. The summed E-state index contributed by atoms with van der Waals surface area (Å²) in [5.74, 6) is -0.371. The fourth-order valence-electron chi connectivity index (χ4n) is 1.54. The minimum Gasteiger partial charge on any atom is -0.492 e. The second kappa shape index (κ2) is 5.38. The maximum absolute atomic E-state index is 10.7. The molecule has 0 bridgehead atoms. The van der Waals surface area contributed by atoms with Gasteiger partial charge in [-0.15, -0.1) is 0 Å². The minimum atomic E-state index is -0.944. The topological polar surface area (TPSA) is 72.5 Å². The summed E-state index contributed by atoms with van der Waals surface area (Å²) in [6.45, 7) is 4.04. The predicted octanol–water partition coefficient (Wildman–Crippen LogP) is 2.39. The van der Waals surface area contributed by atoms with Crippen molar-refractivity contribution in [2.24, 2.45) is 5.73 Å². The summed E-state index contributed by atoms with van der Waals surface area (Å²) >= 11 is 6.02. The first-order chi connectivity index (χ1) is 7.86. The molecule has 0 spiro atoms. The van der Waals surface area contributed by atoms with E-state index < -0.39 is 11.5 Å². The molecule has 3 N–H and O–H groups in total. The van der Waals surface area contributed by atoms with Crippen LogP contribution in [0.25, 0.3) is 0 Å². The standard InChI is InChI=1S/C12H16ClNO3/c1-3-17-10-5-4-8(6-9(10)13)12(2,14)7-11(15)16/h4-6H,3,7,14H2,1-2H3,(H,15,16). The summed E-state index contributed by atoms with van der Waals surface area (Å²) < 4.78 is 5.30. The van der Waals surface area contributed by atoms with Crippen molar-refractivity contribution in [3.63, 3.8) is 0 Å². The van der Waals surface area contributed by atoms with Crippen molar-refractivity contribution in [2.75, 3.05) is 6.61 Å². The summed E-state index contributed by atoms with van der Waals surface area (Å²) in [6, 6.07) is 5.09. The number of ether oxygens (including phenoxy) is 1. The highest BCUT2D eigenvalue weighted by atomic mass is 35.5. The number of benzene rings is 1. The maximum Gasteiger partial charge on any atom is 0.305 e. The molecule has 0 saturated carbocycles. The fraction of sp³-hybridized carbons (Fsp3) is 0.417. The Morgan fingerprint density at radius 1 is 1.59 bits per heavy atom. The van der Waals surface area contributed by atoms with Crippen LogP contribution in [0.4, 0.5) is 0 Å². The molecule has 17 heavy (non-hydrogen) atoms. The second-order valence-electron chi connectivity index (χ2n) is 4.07. The number of carboxylic acid groups (broad SMARTS) is 1. The number of aliphatic carboxylic acids is 1. The van der Waals surface area contributed by atoms with Crippen LogP contribution in [0.2, 0.25) is 5.02 Å². The largest absolute Gasteiger partial charge is 0.492 e. The monoisotopic (exact) mass is 257 g/mol. The first-order valence-corrected chi connectivity index (χ1v) is 5.68. The number of halogens is 1. The van der Waals surface area contributed by atoms with Crippen LogP contribution in [-0.4, -0.2) is 17.7 Å². The molecule has 0 saturated heterocycles. The predicted molar refractivity (Wildman–Crippen MR) is 66.4 cm³/mol. The molecule has 1 unspecified atom stereocenters. The Kier molecular flexibility index (Phi) is 4.37. The Hall–Kier alpha value is -1.26. The third-order valence-electron chi connectivity index (χ3n) is 2.41. The molecule has 0 amide bonds. The molecule has 0 aliphatic carbocycles. The smallest absolute Gasteiger partial charge is 0.305 e. The van der Waals surface area contributed by atoms with Crippen LogP contribution in [0.15, 0.2) is 18.2 Å².